The Bertz CT molecular complexity index is 548. The fraction of sp³-hybridized carbons (Fsp3) is 0.611. The van der Waals surface area contributed by atoms with Crippen LogP contribution in [0.4, 0.5) is 8.78 Å². The molecule has 1 aromatic carbocycles. The van der Waals surface area contributed by atoms with Crippen LogP contribution >= 0.6 is 0 Å². The second kappa shape index (κ2) is 5.73. The van der Waals surface area contributed by atoms with E-state index in [0.29, 0.717) is 17.5 Å². The molecule has 0 radical (unpaired) electrons. The Hall–Kier alpha value is -1.29. The molecule has 22 heavy (non-hydrogen) atoms. The summed E-state index contributed by atoms with van der Waals surface area (Å²) in [7, 11) is 2.01. The Balaban J connectivity index is 1.72. The third-order valence-electron chi connectivity index (χ3n) is 5.51. The monoisotopic (exact) mass is 307 g/mol. The minimum Gasteiger partial charge on any atom is -0.303 e. The topological polar surface area (TPSA) is 20.3 Å². The second-order valence-electron chi connectivity index (χ2n) is 7.31. The summed E-state index contributed by atoms with van der Waals surface area (Å²) >= 11 is 0. The van der Waals surface area contributed by atoms with Gasteiger partial charge in [-0.25, -0.2) is 8.78 Å². The van der Waals surface area contributed by atoms with E-state index in [1.807, 2.05) is 7.05 Å². The molecule has 0 aromatic heterocycles. The van der Waals surface area contributed by atoms with Crippen LogP contribution < -0.4 is 0 Å². The van der Waals surface area contributed by atoms with Crippen LogP contribution in [0, 0.1) is 23.0 Å². The maximum atomic E-state index is 13.4. The van der Waals surface area contributed by atoms with Gasteiger partial charge in [0.15, 0.2) is 0 Å². The van der Waals surface area contributed by atoms with Gasteiger partial charge in [-0.2, -0.15) is 0 Å². The van der Waals surface area contributed by atoms with Gasteiger partial charge in [0.05, 0.1) is 0 Å². The standard InChI is InChI=1S/C18H23F2NO/c1-12-8-18(9-12,11-22)10-16-3-4-17(21(16)2)13-5-14(19)7-15(20)6-13/h5-7,11-12,16-17H,3-4,8-10H2,1-2H3. The molecule has 0 bridgehead atoms. The molecule has 2 fully saturated rings. The van der Waals surface area contributed by atoms with Crippen LogP contribution in [0.1, 0.15) is 50.6 Å². The number of hydrogen-bond acceptors (Lipinski definition) is 2. The number of aldehydes is 1. The lowest BCUT2D eigenvalue weighted by Gasteiger charge is -2.45. The number of nitrogens with zero attached hydrogens (tertiary/aromatic N) is 1. The van der Waals surface area contributed by atoms with Crippen LogP contribution in [0.5, 0.6) is 0 Å². The Morgan fingerprint density at radius 3 is 2.41 bits per heavy atom. The Morgan fingerprint density at radius 2 is 1.86 bits per heavy atom. The summed E-state index contributed by atoms with van der Waals surface area (Å²) in [5, 5.41) is 0. The summed E-state index contributed by atoms with van der Waals surface area (Å²) < 4.78 is 26.9. The number of likely N-dealkylation sites (tertiary alicyclic amines) is 1. The van der Waals surface area contributed by atoms with Crippen molar-refractivity contribution in [1.82, 2.24) is 4.90 Å². The number of rotatable bonds is 4. The fourth-order valence-corrected chi connectivity index (χ4v) is 4.54. The van der Waals surface area contributed by atoms with Gasteiger partial charge < -0.3 is 4.79 Å². The first-order chi connectivity index (χ1) is 10.4. The van der Waals surface area contributed by atoms with Crippen LogP contribution in [0.2, 0.25) is 0 Å². The molecule has 2 nitrogen and oxygen atoms in total. The van der Waals surface area contributed by atoms with Crippen LogP contribution in [-0.4, -0.2) is 24.3 Å². The predicted octanol–water partition coefficient (Wildman–Crippen LogP) is 4.11. The molecule has 3 rings (SSSR count). The smallest absolute Gasteiger partial charge is 0.126 e. The summed E-state index contributed by atoms with van der Waals surface area (Å²) in [4.78, 5) is 13.7. The normalized spacial score (nSPS) is 35.4. The van der Waals surface area contributed by atoms with E-state index in [9.17, 15) is 13.6 Å². The lowest BCUT2D eigenvalue weighted by molar-refractivity contribution is -0.125. The quantitative estimate of drug-likeness (QED) is 0.780. The van der Waals surface area contributed by atoms with E-state index in [1.165, 1.54) is 12.1 Å². The van der Waals surface area contributed by atoms with Crippen molar-refractivity contribution in [3.8, 4) is 0 Å². The second-order valence-corrected chi connectivity index (χ2v) is 7.31. The predicted molar refractivity (Wildman–Crippen MR) is 81.4 cm³/mol. The maximum absolute atomic E-state index is 13.4. The molecule has 1 aliphatic carbocycles. The van der Waals surface area contributed by atoms with Crippen molar-refractivity contribution in [2.75, 3.05) is 7.05 Å². The zero-order valence-corrected chi connectivity index (χ0v) is 13.2. The molecule has 1 saturated heterocycles. The molecule has 0 amide bonds. The summed E-state index contributed by atoms with van der Waals surface area (Å²) in [6.45, 7) is 2.18. The number of carbonyl (C=O) groups excluding carboxylic acids is 1. The van der Waals surface area contributed by atoms with Gasteiger partial charge in [0, 0.05) is 23.6 Å². The van der Waals surface area contributed by atoms with Crippen LogP contribution in [0.15, 0.2) is 18.2 Å². The van der Waals surface area contributed by atoms with Crippen LogP contribution in [-0.2, 0) is 4.79 Å². The first-order valence-corrected chi connectivity index (χ1v) is 8.07. The molecule has 0 spiro atoms. The Morgan fingerprint density at radius 1 is 1.23 bits per heavy atom. The largest absolute Gasteiger partial charge is 0.303 e. The van der Waals surface area contributed by atoms with Gasteiger partial charge in [-0.05, 0) is 62.8 Å². The third-order valence-corrected chi connectivity index (χ3v) is 5.51. The molecule has 1 aromatic rings. The van der Waals surface area contributed by atoms with Gasteiger partial charge in [0.25, 0.3) is 0 Å². The van der Waals surface area contributed by atoms with Crippen molar-refractivity contribution in [2.45, 2.75) is 51.1 Å². The molecule has 2 unspecified atom stereocenters. The molecule has 1 saturated carbocycles. The lowest BCUT2D eigenvalue weighted by atomic mass is 9.60. The molecular formula is C18H23F2NO. The van der Waals surface area contributed by atoms with E-state index in [4.69, 9.17) is 0 Å². The maximum Gasteiger partial charge on any atom is 0.126 e. The highest BCUT2D eigenvalue weighted by molar-refractivity contribution is 5.61. The van der Waals surface area contributed by atoms with E-state index in [1.54, 1.807) is 0 Å². The van der Waals surface area contributed by atoms with Crippen molar-refractivity contribution in [2.24, 2.45) is 11.3 Å². The van der Waals surface area contributed by atoms with Gasteiger partial charge in [-0.1, -0.05) is 6.92 Å². The minimum absolute atomic E-state index is 0.0383. The van der Waals surface area contributed by atoms with E-state index in [-0.39, 0.29) is 11.5 Å². The van der Waals surface area contributed by atoms with E-state index in [2.05, 4.69) is 11.8 Å². The third kappa shape index (κ3) is 2.81. The highest BCUT2D eigenvalue weighted by atomic mass is 19.1. The van der Waals surface area contributed by atoms with Crippen LogP contribution in [0.25, 0.3) is 0 Å². The van der Waals surface area contributed by atoms with Gasteiger partial charge >= 0.3 is 0 Å². The average molecular weight is 307 g/mol. The molecule has 2 aliphatic rings. The van der Waals surface area contributed by atoms with Gasteiger partial charge in [-0.15, -0.1) is 0 Å². The molecule has 2 atom stereocenters. The number of carbonyl (C=O) groups is 1. The molecule has 1 aliphatic heterocycles. The average Bonchev–Trinajstić information content (AvgIpc) is 2.77. The van der Waals surface area contributed by atoms with Crippen molar-refractivity contribution in [3.63, 3.8) is 0 Å². The minimum atomic E-state index is -0.524. The molecule has 0 N–H and O–H groups in total. The summed E-state index contributed by atoms with van der Waals surface area (Å²) in [5.41, 5.74) is 0.532. The lowest BCUT2D eigenvalue weighted by Crippen LogP contribution is -2.42. The molecule has 120 valence electrons. The van der Waals surface area contributed by atoms with Gasteiger partial charge in [-0.3, -0.25) is 4.90 Å². The highest BCUT2D eigenvalue weighted by Gasteiger charge is 2.45. The number of halogens is 2. The summed E-state index contributed by atoms with van der Waals surface area (Å²) in [5.74, 6) is -0.418. The van der Waals surface area contributed by atoms with E-state index in [0.717, 1.165) is 44.5 Å². The van der Waals surface area contributed by atoms with E-state index >= 15 is 0 Å². The molecule has 4 heteroatoms. The summed E-state index contributed by atoms with van der Waals surface area (Å²) in [6.07, 6.45) is 5.81. The first kappa shape index (κ1) is 15.6. The van der Waals surface area contributed by atoms with Crippen molar-refractivity contribution in [3.05, 3.63) is 35.4 Å². The van der Waals surface area contributed by atoms with Crippen molar-refractivity contribution in [1.29, 1.82) is 0 Å². The summed E-state index contributed by atoms with van der Waals surface area (Å²) in [6, 6.07) is 4.11. The zero-order chi connectivity index (χ0) is 15.9. The molecule has 1 heterocycles. The first-order valence-electron chi connectivity index (χ1n) is 8.07. The SMILES string of the molecule is CC1CC(C=O)(CC2CCC(c3cc(F)cc(F)c3)N2C)C1. The van der Waals surface area contributed by atoms with Crippen molar-refractivity contribution < 1.29 is 13.6 Å². The highest BCUT2D eigenvalue weighted by Crippen LogP contribution is 2.50. The van der Waals surface area contributed by atoms with E-state index < -0.39 is 11.6 Å². The Labute approximate surface area is 130 Å². The number of benzene rings is 1. The van der Waals surface area contributed by atoms with Crippen molar-refractivity contribution >= 4 is 6.29 Å². The van der Waals surface area contributed by atoms with Gasteiger partial charge in [0.1, 0.15) is 17.9 Å². The zero-order valence-electron chi connectivity index (χ0n) is 13.2. The van der Waals surface area contributed by atoms with Gasteiger partial charge in [0.2, 0.25) is 0 Å². The number of hydrogen-bond donors (Lipinski definition) is 0. The Kier molecular flexibility index (Phi) is 4.06. The molecular weight excluding hydrogens is 284 g/mol. The van der Waals surface area contributed by atoms with Crippen LogP contribution in [0.3, 0.4) is 0 Å². The fourth-order valence-electron chi connectivity index (χ4n) is 4.54.